The van der Waals surface area contributed by atoms with Gasteiger partial charge in [0.2, 0.25) is 5.91 Å². The van der Waals surface area contributed by atoms with E-state index in [0.29, 0.717) is 12.3 Å². The zero-order chi connectivity index (χ0) is 22.2. The lowest BCUT2D eigenvalue weighted by Gasteiger charge is -2.34. The number of hydrogen-bond acceptors (Lipinski definition) is 6. The molecule has 2 atom stereocenters. The molecule has 2 saturated heterocycles. The monoisotopic (exact) mass is 447 g/mol. The van der Waals surface area contributed by atoms with Crippen LogP contribution in [0.5, 0.6) is 0 Å². The van der Waals surface area contributed by atoms with Gasteiger partial charge in [0.15, 0.2) is 16.3 Å². The number of nitrogens with zero attached hydrogens (tertiary/aromatic N) is 3. The zero-order valence-electron chi connectivity index (χ0n) is 17.3. The second kappa shape index (κ2) is 8.31. The Bertz CT molecular complexity index is 977. The summed E-state index contributed by atoms with van der Waals surface area (Å²) in [5, 5.41) is -0.211. The van der Waals surface area contributed by atoms with E-state index in [9.17, 15) is 22.8 Å². The fraction of sp³-hybridized carbons (Fsp3) is 0.571. The predicted molar refractivity (Wildman–Crippen MR) is 111 cm³/mol. The Labute approximate surface area is 182 Å². The van der Waals surface area contributed by atoms with Crippen LogP contribution in [0.4, 0.5) is 0 Å². The minimum Gasteiger partial charge on any atom is -0.367 e. The highest BCUT2D eigenvalue weighted by atomic mass is 32.2. The number of carbonyl (C=O) groups excluding carboxylic acids is 3. The lowest BCUT2D eigenvalue weighted by atomic mass is 9.85. The van der Waals surface area contributed by atoms with Gasteiger partial charge in [0.1, 0.15) is 0 Å². The molecule has 2 amide bonds. The number of primary amides is 1. The Morgan fingerprint density at radius 1 is 1.19 bits per heavy atom. The molecule has 1 saturated carbocycles. The predicted octanol–water partition coefficient (Wildman–Crippen LogP) is 0.655. The first-order valence-electron chi connectivity index (χ1n) is 10.7. The van der Waals surface area contributed by atoms with Gasteiger partial charge in [-0.2, -0.15) is 4.31 Å². The average Bonchev–Trinajstić information content (AvgIpc) is 3.31. The number of fused-ring (bicyclic) bond motifs is 1. The van der Waals surface area contributed by atoms with E-state index in [1.165, 1.54) is 36.1 Å². The number of sulfonamides is 1. The smallest absolute Gasteiger partial charge is 0.261 e. The van der Waals surface area contributed by atoms with E-state index >= 15 is 0 Å². The standard InChI is InChI=1S/C21H27N4O5S/c22-20(28)21-16(11-13-24(21)19(27)10-9-15-6-2-1-3-7-15)25(14-17(21)26)31(29,30)18-8-4-5-12-23-18/h4-5,8,10,12,15-16H,1-3,6-7,9,11,13-14H2,(H2,22,28). The first-order valence-corrected chi connectivity index (χ1v) is 12.1. The van der Waals surface area contributed by atoms with Crippen LogP contribution in [0, 0.1) is 12.3 Å². The van der Waals surface area contributed by atoms with Gasteiger partial charge in [-0.15, -0.1) is 0 Å². The summed E-state index contributed by atoms with van der Waals surface area (Å²) in [6.45, 7) is -0.424. The number of aromatic nitrogens is 1. The number of amides is 2. The summed E-state index contributed by atoms with van der Waals surface area (Å²) in [5.41, 5.74) is 3.70. The maximum Gasteiger partial charge on any atom is 0.261 e. The van der Waals surface area contributed by atoms with Crippen LogP contribution in [0.15, 0.2) is 29.4 Å². The lowest BCUT2D eigenvalue weighted by molar-refractivity contribution is -0.147. The number of ketones is 1. The van der Waals surface area contributed by atoms with E-state index < -0.39 is 45.7 Å². The molecule has 9 nitrogen and oxygen atoms in total. The fourth-order valence-corrected chi connectivity index (χ4v) is 6.83. The first-order chi connectivity index (χ1) is 14.8. The van der Waals surface area contributed by atoms with Gasteiger partial charge < -0.3 is 10.6 Å². The number of carbonyl (C=O) groups is 3. The number of hydrogen-bond donors (Lipinski definition) is 1. The molecule has 1 aromatic rings. The van der Waals surface area contributed by atoms with Crippen LogP contribution in [0.25, 0.3) is 0 Å². The topological polar surface area (TPSA) is 131 Å². The normalized spacial score (nSPS) is 27.4. The summed E-state index contributed by atoms with van der Waals surface area (Å²) in [5.74, 6) is -1.67. The van der Waals surface area contributed by atoms with Crippen LogP contribution < -0.4 is 5.73 Å². The van der Waals surface area contributed by atoms with Crippen LogP contribution in [-0.2, 0) is 24.4 Å². The molecule has 31 heavy (non-hydrogen) atoms. The Morgan fingerprint density at radius 3 is 2.58 bits per heavy atom. The number of rotatable bonds is 6. The molecule has 2 N–H and O–H groups in total. The molecule has 167 valence electrons. The van der Waals surface area contributed by atoms with Crippen LogP contribution >= 0.6 is 0 Å². The largest absolute Gasteiger partial charge is 0.367 e. The molecule has 0 bridgehead atoms. The molecular weight excluding hydrogens is 420 g/mol. The van der Waals surface area contributed by atoms with E-state index in [2.05, 4.69) is 4.98 Å². The van der Waals surface area contributed by atoms with E-state index in [0.717, 1.165) is 30.0 Å². The van der Waals surface area contributed by atoms with Crippen LogP contribution in [-0.4, -0.2) is 64.9 Å². The molecule has 0 aromatic carbocycles. The summed E-state index contributed by atoms with van der Waals surface area (Å²) in [4.78, 5) is 43.8. The summed E-state index contributed by atoms with van der Waals surface area (Å²) in [6.07, 6.45) is 9.22. The SMILES string of the molecule is NC(=O)C12C(=O)CN(S(=O)(=O)c3ccccn3)C1CCN2C(=O)[CH]CC1CCCCC1. The van der Waals surface area contributed by atoms with Crippen molar-refractivity contribution in [1.82, 2.24) is 14.2 Å². The van der Waals surface area contributed by atoms with Crippen molar-refractivity contribution < 1.29 is 22.8 Å². The van der Waals surface area contributed by atoms with Gasteiger partial charge in [-0.05, 0) is 30.9 Å². The molecular formula is C21H27N4O5S. The Kier molecular flexibility index (Phi) is 5.87. The van der Waals surface area contributed by atoms with E-state index in [1.807, 2.05) is 0 Å². The second-order valence-electron chi connectivity index (χ2n) is 8.51. The Balaban J connectivity index is 1.59. The van der Waals surface area contributed by atoms with Gasteiger partial charge in [0, 0.05) is 12.7 Å². The van der Waals surface area contributed by atoms with Crippen LogP contribution in [0.3, 0.4) is 0 Å². The quantitative estimate of drug-likeness (QED) is 0.637. The maximum atomic E-state index is 13.1. The molecule has 10 heteroatoms. The van der Waals surface area contributed by atoms with Crippen LogP contribution in [0.1, 0.15) is 44.9 Å². The van der Waals surface area contributed by atoms with Crippen molar-refractivity contribution in [2.75, 3.05) is 13.1 Å². The third-order valence-electron chi connectivity index (χ3n) is 6.81. The summed E-state index contributed by atoms with van der Waals surface area (Å²) in [7, 11) is -4.13. The molecule has 1 aromatic heterocycles. The highest BCUT2D eigenvalue weighted by molar-refractivity contribution is 7.89. The maximum absolute atomic E-state index is 13.1. The molecule has 0 spiro atoms. The third-order valence-corrected chi connectivity index (χ3v) is 8.58. The highest BCUT2D eigenvalue weighted by Crippen LogP contribution is 2.42. The van der Waals surface area contributed by atoms with E-state index in [4.69, 9.17) is 5.73 Å². The Hall–Kier alpha value is -2.33. The number of likely N-dealkylation sites (tertiary alicyclic amines) is 1. The van der Waals surface area contributed by atoms with Crippen molar-refractivity contribution in [3.8, 4) is 0 Å². The van der Waals surface area contributed by atoms with Crippen molar-refractivity contribution >= 4 is 27.6 Å². The number of pyridine rings is 1. The number of Topliss-reactive ketones (excluding diaryl/α,β-unsaturated/α-hetero) is 1. The molecule has 1 radical (unpaired) electrons. The molecule has 3 heterocycles. The van der Waals surface area contributed by atoms with Crippen molar-refractivity contribution in [3.05, 3.63) is 30.8 Å². The molecule has 3 aliphatic rings. The lowest BCUT2D eigenvalue weighted by Crippen LogP contribution is -2.64. The molecule has 4 rings (SSSR count). The molecule has 3 fully saturated rings. The first kappa shape index (κ1) is 21.9. The van der Waals surface area contributed by atoms with Gasteiger partial charge >= 0.3 is 0 Å². The van der Waals surface area contributed by atoms with E-state index in [1.54, 1.807) is 6.07 Å². The third kappa shape index (κ3) is 3.55. The molecule has 2 aliphatic heterocycles. The van der Waals surface area contributed by atoms with Gasteiger partial charge in [-0.25, -0.2) is 13.4 Å². The summed E-state index contributed by atoms with van der Waals surface area (Å²) in [6, 6.07) is 3.42. The molecule has 2 unspecified atom stereocenters. The van der Waals surface area contributed by atoms with Crippen molar-refractivity contribution in [1.29, 1.82) is 0 Å². The minimum absolute atomic E-state index is 0.0909. The average molecular weight is 448 g/mol. The van der Waals surface area contributed by atoms with Gasteiger partial charge in [0.05, 0.1) is 19.0 Å². The second-order valence-corrected chi connectivity index (χ2v) is 10.3. The van der Waals surface area contributed by atoms with Gasteiger partial charge in [-0.1, -0.05) is 38.2 Å². The van der Waals surface area contributed by atoms with Gasteiger partial charge in [0.25, 0.3) is 15.9 Å². The van der Waals surface area contributed by atoms with Crippen molar-refractivity contribution in [3.63, 3.8) is 0 Å². The zero-order valence-corrected chi connectivity index (χ0v) is 18.1. The fourth-order valence-electron chi connectivity index (χ4n) is 5.27. The summed E-state index contributed by atoms with van der Waals surface area (Å²) >= 11 is 0. The highest BCUT2D eigenvalue weighted by Gasteiger charge is 2.68. The van der Waals surface area contributed by atoms with Gasteiger partial charge in [-0.3, -0.25) is 14.4 Å². The van der Waals surface area contributed by atoms with Crippen LogP contribution in [0.2, 0.25) is 0 Å². The minimum atomic E-state index is -4.13. The Morgan fingerprint density at radius 2 is 1.94 bits per heavy atom. The summed E-state index contributed by atoms with van der Waals surface area (Å²) < 4.78 is 27.3. The number of nitrogens with two attached hydrogens (primary N) is 1. The van der Waals surface area contributed by atoms with E-state index in [-0.39, 0.29) is 18.0 Å². The van der Waals surface area contributed by atoms with Crippen molar-refractivity contribution in [2.45, 2.75) is 61.6 Å². The molecule has 1 aliphatic carbocycles. The van der Waals surface area contributed by atoms with Crippen molar-refractivity contribution in [2.24, 2.45) is 11.7 Å².